The number of ether oxygens (including phenoxy) is 2. The maximum Gasteiger partial charge on any atom is 0.337 e. The number of aromatic carboxylic acids is 1. The van der Waals surface area contributed by atoms with Crippen LogP contribution in [-0.2, 0) is 0 Å². The highest BCUT2D eigenvalue weighted by molar-refractivity contribution is 5.94. The van der Waals surface area contributed by atoms with Crippen LogP contribution in [0.4, 0.5) is 4.39 Å². The molecule has 1 aromatic heterocycles. The highest BCUT2D eigenvalue weighted by Crippen LogP contribution is 2.27. The predicted molar refractivity (Wildman–Crippen MR) is 103 cm³/mol. The standard InChI is InChI=1S/C22H17FN2O4/c23-17-5-7-18(8-6-17)28-11-2-12-29-20-9-4-15(13-16(20)14-24)21-19(22(26)27)3-1-10-25-21/h1,3-10,13H,2,11-12H2,(H,26,27). The number of rotatable bonds is 8. The Kier molecular flexibility index (Phi) is 6.38. The van der Waals surface area contributed by atoms with Crippen molar-refractivity contribution in [1.82, 2.24) is 4.98 Å². The van der Waals surface area contributed by atoms with Gasteiger partial charge in [0.15, 0.2) is 0 Å². The van der Waals surface area contributed by atoms with Crippen molar-refractivity contribution in [2.75, 3.05) is 13.2 Å². The van der Waals surface area contributed by atoms with Crippen LogP contribution in [0.2, 0.25) is 0 Å². The van der Waals surface area contributed by atoms with Crippen molar-refractivity contribution < 1.29 is 23.8 Å². The monoisotopic (exact) mass is 392 g/mol. The smallest absolute Gasteiger partial charge is 0.337 e. The van der Waals surface area contributed by atoms with E-state index in [-0.39, 0.29) is 22.6 Å². The highest BCUT2D eigenvalue weighted by atomic mass is 19.1. The van der Waals surface area contributed by atoms with E-state index in [0.29, 0.717) is 36.7 Å². The Morgan fingerprint density at radius 2 is 1.86 bits per heavy atom. The minimum atomic E-state index is -1.09. The molecule has 0 atom stereocenters. The molecule has 0 fully saturated rings. The third kappa shape index (κ3) is 5.08. The lowest BCUT2D eigenvalue weighted by molar-refractivity contribution is 0.0697. The van der Waals surface area contributed by atoms with Crippen molar-refractivity contribution in [3.8, 4) is 28.8 Å². The molecule has 146 valence electrons. The molecule has 3 rings (SSSR count). The van der Waals surface area contributed by atoms with E-state index in [9.17, 15) is 19.6 Å². The molecule has 0 amide bonds. The van der Waals surface area contributed by atoms with Gasteiger partial charge in [-0.05, 0) is 54.6 Å². The van der Waals surface area contributed by atoms with Gasteiger partial charge >= 0.3 is 5.97 Å². The summed E-state index contributed by atoms with van der Waals surface area (Å²) in [6, 6.07) is 15.6. The minimum absolute atomic E-state index is 0.0583. The van der Waals surface area contributed by atoms with E-state index in [1.165, 1.54) is 24.4 Å². The SMILES string of the molecule is N#Cc1cc(-c2ncccc2C(=O)O)ccc1OCCCOc1ccc(F)cc1. The number of carboxylic acid groups (broad SMARTS) is 1. The van der Waals surface area contributed by atoms with Crippen molar-refractivity contribution in [3.63, 3.8) is 0 Å². The van der Waals surface area contributed by atoms with Crippen LogP contribution in [-0.4, -0.2) is 29.3 Å². The van der Waals surface area contributed by atoms with E-state index in [4.69, 9.17) is 9.47 Å². The third-order valence-electron chi connectivity index (χ3n) is 4.04. The summed E-state index contributed by atoms with van der Waals surface area (Å²) >= 11 is 0. The normalized spacial score (nSPS) is 10.2. The summed E-state index contributed by atoms with van der Waals surface area (Å²) in [6.45, 7) is 0.695. The lowest BCUT2D eigenvalue weighted by Gasteiger charge is -2.11. The Labute approximate surface area is 166 Å². The summed E-state index contributed by atoms with van der Waals surface area (Å²) in [5.74, 6) is -0.452. The first-order valence-electron chi connectivity index (χ1n) is 8.82. The zero-order chi connectivity index (χ0) is 20.6. The van der Waals surface area contributed by atoms with Gasteiger partial charge in [-0.15, -0.1) is 0 Å². The maximum absolute atomic E-state index is 12.9. The maximum atomic E-state index is 12.9. The Morgan fingerprint density at radius 1 is 1.10 bits per heavy atom. The first-order valence-corrected chi connectivity index (χ1v) is 8.82. The molecule has 0 radical (unpaired) electrons. The quantitative estimate of drug-likeness (QED) is 0.575. The molecule has 0 aliphatic carbocycles. The van der Waals surface area contributed by atoms with Gasteiger partial charge in [0.1, 0.15) is 23.4 Å². The zero-order valence-electron chi connectivity index (χ0n) is 15.3. The van der Waals surface area contributed by atoms with Crippen LogP contribution in [0.3, 0.4) is 0 Å². The average Bonchev–Trinajstić information content (AvgIpc) is 2.75. The number of pyridine rings is 1. The van der Waals surface area contributed by atoms with E-state index >= 15 is 0 Å². The lowest BCUT2D eigenvalue weighted by Crippen LogP contribution is -2.06. The molecule has 7 heteroatoms. The fourth-order valence-electron chi connectivity index (χ4n) is 2.66. The summed E-state index contributed by atoms with van der Waals surface area (Å²) in [6.07, 6.45) is 2.06. The number of halogens is 1. The van der Waals surface area contributed by atoms with E-state index in [2.05, 4.69) is 11.1 Å². The molecule has 2 aromatic carbocycles. The van der Waals surface area contributed by atoms with Gasteiger partial charge < -0.3 is 14.6 Å². The second kappa shape index (κ2) is 9.33. The number of hydrogen-bond acceptors (Lipinski definition) is 5. The molecule has 1 heterocycles. The van der Waals surface area contributed by atoms with E-state index < -0.39 is 5.97 Å². The first-order chi connectivity index (χ1) is 14.1. The zero-order valence-corrected chi connectivity index (χ0v) is 15.3. The number of carbonyl (C=O) groups is 1. The Morgan fingerprint density at radius 3 is 2.59 bits per heavy atom. The molecule has 3 aromatic rings. The van der Waals surface area contributed by atoms with Gasteiger partial charge in [-0.1, -0.05) is 0 Å². The number of benzene rings is 2. The Balaban J connectivity index is 1.62. The summed E-state index contributed by atoms with van der Waals surface area (Å²) < 4.78 is 24.0. The Hall–Kier alpha value is -3.92. The van der Waals surface area contributed by atoms with E-state index in [1.807, 2.05) is 0 Å². The summed E-state index contributed by atoms with van der Waals surface area (Å²) in [4.78, 5) is 15.5. The van der Waals surface area contributed by atoms with Crippen molar-refractivity contribution in [2.24, 2.45) is 0 Å². The largest absolute Gasteiger partial charge is 0.493 e. The van der Waals surface area contributed by atoms with Crippen LogP contribution in [0.25, 0.3) is 11.3 Å². The molecule has 0 saturated carbocycles. The number of carboxylic acids is 1. The fourth-order valence-corrected chi connectivity index (χ4v) is 2.66. The van der Waals surface area contributed by atoms with Crippen LogP contribution < -0.4 is 9.47 Å². The third-order valence-corrected chi connectivity index (χ3v) is 4.04. The van der Waals surface area contributed by atoms with Crippen molar-refractivity contribution >= 4 is 5.97 Å². The minimum Gasteiger partial charge on any atom is -0.493 e. The van der Waals surface area contributed by atoms with Gasteiger partial charge in [0, 0.05) is 18.2 Å². The highest BCUT2D eigenvalue weighted by Gasteiger charge is 2.14. The Bertz CT molecular complexity index is 1050. The van der Waals surface area contributed by atoms with Crippen molar-refractivity contribution in [1.29, 1.82) is 5.26 Å². The number of hydrogen-bond donors (Lipinski definition) is 1. The van der Waals surface area contributed by atoms with Crippen LogP contribution in [0, 0.1) is 17.1 Å². The van der Waals surface area contributed by atoms with Crippen molar-refractivity contribution in [3.05, 3.63) is 77.7 Å². The molecular formula is C22H17FN2O4. The number of aromatic nitrogens is 1. The second-order valence-electron chi connectivity index (χ2n) is 6.03. The van der Waals surface area contributed by atoms with E-state index in [0.717, 1.165) is 0 Å². The van der Waals surface area contributed by atoms with Gasteiger partial charge in [0.25, 0.3) is 0 Å². The molecule has 0 aliphatic rings. The lowest BCUT2D eigenvalue weighted by atomic mass is 10.0. The van der Waals surface area contributed by atoms with Crippen LogP contribution in [0.5, 0.6) is 11.5 Å². The molecule has 0 saturated heterocycles. The predicted octanol–water partition coefficient (Wildman–Crippen LogP) is 4.31. The first kappa shape index (κ1) is 19.8. The molecular weight excluding hydrogens is 375 g/mol. The number of nitrogens with zero attached hydrogens (tertiary/aromatic N) is 2. The average molecular weight is 392 g/mol. The van der Waals surface area contributed by atoms with E-state index in [1.54, 1.807) is 36.4 Å². The number of nitriles is 1. The second-order valence-corrected chi connectivity index (χ2v) is 6.03. The molecule has 6 nitrogen and oxygen atoms in total. The van der Waals surface area contributed by atoms with Crippen LogP contribution >= 0.6 is 0 Å². The topological polar surface area (TPSA) is 92.4 Å². The molecule has 1 N–H and O–H groups in total. The molecule has 0 spiro atoms. The molecule has 29 heavy (non-hydrogen) atoms. The van der Waals surface area contributed by atoms with Crippen LogP contribution in [0.15, 0.2) is 60.8 Å². The van der Waals surface area contributed by atoms with Gasteiger partial charge in [0.05, 0.1) is 30.0 Å². The molecule has 0 bridgehead atoms. The van der Waals surface area contributed by atoms with Gasteiger partial charge in [-0.25, -0.2) is 9.18 Å². The summed E-state index contributed by atoms with van der Waals surface area (Å²) in [5.41, 5.74) is 1.15. The van der Waals surface area contributed by atoms with Gasteiger partial charge in [0.2, 0.25) is 0 Å². The molecule has 0 unspecified atom stereocenters. The van der Waals surface area contributed by atoms with Gasteiger partial charge in [-0.2, -0.15) is 5.26 Å². The fraction of sp³-hybridized carbons (Fsp3) is 0.136. The van der Waals surface area contributed by atoms with Gasteiger partial charge in [-0.3, -0.25) is 4.98 Å². The van der Waals surface area contributed by atoms with Crippen molar-refractivity contribution in [2.45, 2.75) is 6.42 Å². The summed E-state index contributed by atoms with van der Waals surface area (Å²) in [7, 11) is 0. The van der Waals surface area contributed by atoms with Crippen LogP contribution in [0.1, 0.15) is 22.3 Å². The molecule has 0 aliphatic heterocycles. The summed E-state index contributed by atoms with van der Waals surface area (Å²) in [5, 5.41) is 18.7.